The molecule has 2 heterocycles. The Morgan fingerprint density at radius 3 is 2.79 bits per heavy atom. The molecule has 0 bridgehead atoms. The molecule has 1 aliphatic heterocycles. The summed E-state index contributed by atoms with van der Waals surface area (Å²) in [7, 11) is 0. The van der Waals surface area contributed by atoms with E-state index in [0.717, 1.165) is 22.6 Å². The number of furan rings is 1. The van der Waals surface area contributed by atoms with Gasteiger partial charge in [0.25, 0.3) is 0 Å². The van der Waals surface area contributed by atoms with Crippen LogP contribution in [0.1, 0.15) is 22.6 Å². The van der Waals surface area contributed by atoms with E-state index in [4.69, 9.17) is 25.5 Å². The van der Waals surface area contributed by atoms with E-state index in [2.05, 4.69) is 5.32 Å². The first kappa shape index (κ1) is 16.5. The van der Waals surface area contributed by atoms with E-state index in [-0.39, 0.29) is 5.91 Å². The summed E-state index contributed by atoms with van der Waals surface area (Å²) < 4.78 is 16.4. The molecule has 24 heavy (non-hydrogen) atoms. The van der Waals surface area contributed by atoms with Gasteiger partial charge < -0.3 is 19.2 Å². The lowest BCUT2D eigenvalue weighted by molar-refractivity contribution is -0.116. The molecule has 0 radical (unpaired) electrons. The molecule has 0 saturated carbocycles. The highest BCUT2D eigenvalue weighted by Crippen LogP contribution is 2.38. The number of hydrogen-bond donors (Lipinski definition) is 1. The normalized spacial score (nSPS) is 13.3. The van der Waals surface area contributed by atoms with Gasteiger partial charge in [-0.05, 0) is 43.7 Å². The average Bonchev–Trinajstić information content (AvgIpc) is 2.88. The number of ether oxygens (including phenoxy) is 2. The Bertz CT molecular complexity index is 795. The maximum atomic E-state index is 12.0. The molecule has 0 saturated heterocycles. The zero-order valence-corrected chi connectivity index (χ0v) is 14.3. The van der Waals surface area contributed by atoms with E-state index in [0.29, 0.717) is 36.3 Å². The van der Waals surface area contributed by atoms with Gasteiger partial charge in [0.05, 0.1) is 5.02 Å². The minimum Gasteiger partial charge on any atom is -0.486 e. The smallest absolute Gasteiger partial charge is 0.244 e. The molecular formula is C18H18ClNO4. The van der Waals surface area contributed by atoms with E-state index in [1.165, 1.54) is 6.08 Å². The maximum absolute atomic E-state index is 12.0. The molecule has 0 unspecified atom stereocenters. The molecular weight excluding hydrogens is 330 g/mol. The molecule has 0 atom stereocenters. The summed E-state index contributed by atoms with van der Waals surface area (Å²) in [6.07, 6.45) is 3.15. The van der Waals surface area contributed by atoms with Crippen molar-refractivity contribution < 1.29 is 18.7 Å². The van der Waals surface area contributed by atoms with Gasteiger partial charge in [0.15, 0.2) is 11.5 Å². The molecule has 5 nitrogen and oxygen atoms in total. The molecule has 0 spiro atoms. The summed E-state index contributed by atoms with van der Waals surface area (Å²) in [4.78, 5) is 12.0. The second kappa shape index (κ2) is 7.01. The molecule has 1 amide bonds. The van der Waals surface area contributed by atoms with Gasteiger partial charge in [0.2, 0.25) is 5.91 Å². The minimum atomic E-state index is -0.195. The highest BCUT2D eigenvalue weighted by atomic mass is 35.5. The number of hydrogen-bond acceptors (Lipinski definition) is 4. The summed E-state index contributed by atoms with van der Waals surface area (Å²) in [6.45, 7) is 5.15. The van der Waals surface area contributed by atoms with Crippen LogP contribution in [0.2, 0.25) is 5.02 Å². The van der Waals surface area contributed by atoms with Crippen LogP contribution in [0.4, 0.5) is 0 Å². The fraction of sp³-hybridized carbons (Fsp3) is 0.278. The number of rotatable bonds is 4. The number of nitrogens with one attached hydrogen (secondary N) is 1. The first-order chi connectivity index (χ1) is 11.5. The van der Waals surface area contributed by atoms with Gasteiger partial charge in [-0.15, -0.1) is 0 Å². The number of halogens is 1. The van der Waals surface area contributed by atoms with Crippen LogP contribution >= 0.6 is 11.6 Å². The molecule has 1 aliphatic rings. The van der Waals surface area contributed by atoms with Crippen molar-refractivity contribution in [1.29, 1.82) is 0 Å². The first-order valence-corrected chi connectivity index (χ1v) is 8.01. The van der Waals surface area contributed by atoms with Gasteiger partial charge >= 0.3 is 0 Å². The van der Waals surface area contributed by atoms with Crippen LogP contribution in [0.25, 0.3) is 6.08 Å². The number of amides is 1. The predicted octanol–water partition coefficient (Wildman–Crippen LogP) is 3.65. The second-order valence-corrected chi connectivity index (χ2v) is 5.92. The van der Waals surface area contributed by atoms with Gasteiger partial charge in [-0.25, -0.2) is 0 Å². The SMILES string of the molecule is Cc1cc(CNC(=O)/C=C/c2cc(Cl)c3c(c2)OCCO3)c(C)o1. The van der Waals surface area contributed by atoms with Crippen molar-refractivity contribution in [3.05, 3.63) is 51.9 Å². The minimum absolute atomic E-state index is 0.195. The van der Waals surface area contributed by atoms with E-state index in [1.54, 1.807) is 18.2 Å². The van der Waals surface area contributed by atoms with E-state index < -0.39 is 0 Å². The average molecular weight is 348 g/mol. The lowest BCUT2D eigenvalue weighted by atomic mass is 10.1. The van der Waals surface area contributed by atoms with Crippen LogP contribution in [0.15, 0.2) is 28.7 Å². The van der Waals surface area contributed by atoms with Crippen molar-refractivity contribution in [2.24, 2.45) is 0 Å². The molecule has 1 aromatic heterocycles. The topological polar surface area (TPSA) is 60.7 Å². The summed E-state index contributed by atoms with van der Waals surface area (Å²) in [6, 6.07) is 5.45. The van der Waals surface area contributed by atoms with Crippen molar-refractivity contribution in [3.63, 3.8) is 0 Å². The van der Waals surface area contributed by atoms with Crippen LogP contribution in [0, 0.1) is 13.8 Å². The van der Waals surface area contributed by atoms with Gasteiger partial charge in [0.1, 0.15) is 24.7 Å². The van der Waals surface area contributed by atoms with E-state index >= 15 is 0 Å². The van der Waals surface area contributed by atoms with Crippen LogP contribution in [-0.2, 0) is 11.3 Å². The number of carbonyl (C=O) groups excluding carboxylic acids is 1. The Labute approximate surface area is 145 Å². The van der Waals surface area contributed by atoms with Crippen LogP contribution in [0.3, 0.4) is 0 Å². The van der Waals surface area contributed by atoms with E-state index in [1.807, 2.05) is 19.9 Å². The van der Waals surface area contributed by atoms with Crippen molar-refractivity contribution in [2.45, 2.75) is 20.4 Å². The molecule has 6 heteroatoms. The van der Waals surface area contributed by atoms with Gasteiger partial charge in [-0.3, -0.25) is 4.79 Å². The summed E-state index contributed by atoms with van der Waals surface area (Å²) in [5, 5.41) is 3.29. The standard InChI is InChI=1S/C18H18ClNO4/c1-11-7-14(12(2)24-11)10-20-17(21)4-3-13-8-15(19)18-16(9-13)22-5-6-23-18/h3-4,7-9H,5-6,10H2,1-2H3,(H,20,21)/b4-3+. The number of benzene rings is 1. The van der Waals surface area contributed by atoms with Crippen LogP contribution in [0.5, 0.6) is 11.5 Å². The Morgan fingerprint density at radius 1 is 1.25 bits per heavy atom. The number of fused-ring (bicyclic) bond motifs is 1. The lowest BCUT2D eigenvalue weighted by Gasteiger charge is -2.19. The highest BCUT2D eigenvalue weighted by Gasteiger charge is 2.16. The zero-order valence-electron chi connectivity index (χ0n) is 13.5. The molecule has 126 valence electrons. The van der Waals surface area contributed by atoms with Gasteiger partial charge in [-0.2, -0.15) is 0 Å². The largest absolute Gasteiger partial charge is 0.486 e. The Kier molecular flexibility index (Phi) is 4.81. The third-order valence-electron chi connectivity index (χ3n) is 3.64. The zero-order chi connectivity index (χ0) is 17.1. The second-order valence-electron chi connectivity index (χ2n) is 5.52. The Hall–Kier alpha value is -2.40. The quantitative estimate of drug-likeness (QED) is 0.857. The van der Waals surface area contributed by atoms with Crippen LogP contribution in [-0.4, -0.2) is 19.1 Å². The van der Waals surface area contributed by atoms with Crippen molar-refractivity contribution in [2.75, 3.05) is 13.2 Å². The third kappa shape index (κ3) is 3.74. The Balaban J connectivity index is 1.64. The molecule has 0 fully saturated rings. The molecule has 3 rings (SSSR count). The maximum Gasteiger partial charge on any atom is 0.244 e. The predicted molar refractivity (Wildman–Crippen MR) is 91.5 cm³/mol. The van der Waals surface area contributed by atoms with E-state index in [9.17, 15) is 4.79 Å². The summed E-state index contributed by atoms with van der Waals surface area (Å²) in [5.74, 6) is 2.60. The molecule has 0 aliphatic carbocycles. The lowest BCUT2D eigenvalue weighted by Crippen LogP contribution is -2.20. The van der Waals surface area contributed by atoms with Gasteiger partial charge in [0, 0.05) is 18.2 Å². The summed E-state index contributed by atoms with van der Waals surface area (Å²) in [5.41, 5.74) is 1.74. The van der Waals surface area contributed by atoms with Crippen molar-refractivity contribution in [3.8, 4) is 11.5 Å². The fourth-order valence-electron chi connectivity index (χ4n) is 2.50. The van der Waals surface area contributed by atoms with Gasteiger partial charge in [-0.1, -0.05) is 11.6 Å². The summed E-state index contributed by atoms with van der Waals surface area (Å²) >= 11 is 6.17. The number of aryl methyl sites for hydroxylation is 2. The molecule has 1 N–H and O–H groups in total. The third-order valence-corrected chi connectivity index (χ3v) is 3.92. The molecule has 1 aromatic carbocycles. The van der Waals surface area contributed by atoms with Crippen LogP contribution < -0.4 is 14.8 Å². The fourth-order valence-corrected chi connectivity index (χ4v) is 2.77. The highest BCUT2D eigenvalue weighted by molar-refractivity contribution is 6.32. The number of carbonyl (C=O) groups is 1. The Morgan fingerprint density at radius 2 is 2.04 bits per heavy atom. The monoisotopic (exact) mass is 347 g/mol. The van der Waals surface area contributed by atoms with Crippen molar-refractivity contribution >= 4 is 23.6 Å². The first-order valence-electron chi connectivity index (χ1n) is 7.64. The van der Waals surface area contributed by atoms with Crippen molar-refractivity contribution in [1.82, 2.24) is 5.32 Å². The molecule has 2 aromatic rings.